The van der Waals surface area contributed by atoms with E-state index < -0.39 is 5.91 Å². The van der Waals surface area contributed by atoms with E-state index in [9.17, 15) is 14.4 Å². The fourth-order valence-electron chi connectivity index (χ4n) is 1.77. The Bertz CT molecular complexity index is 543. The van der Waals surface area contributed by atoms with E-state index in [1.807, 2.05) is 0 Å². The number of carbonyl (C=O) groups excluding carboxylic acids is 3. The van der Waals surface area contributed by atoms with E-state index in [1.165, 1.54) is 6.07 Å². The second kappa shape index (κ2) is 5.27. The Hall–Kier alpha value is -2.08. The van der Waals surface area contributed by atoms with E-state index in [0.29, 0.717) is 16.4 Å². The van der Waals surface area contributed by atoms with Crippen molar-refractivity contribution in [2.24, 2.45) is 0 Å². The molecule has 0 unspecified atom stereocenters. The SMILES string of the molecule is Nc1ccc(Cl)cc1NC(=O)CN1C(=O)CCC1=O. The third-order valence-corrected chi connectivity index (χ3v) is 2.98. The number of carbonyl (C=O) groups is 3. The van der Waals surface area contributed by atoms with Gasteiger partial charge in [0, 0.05) is 17.9 Å². The Labute approximate surface area is 114 Å². The summed E-state index contributed by atoms with van der Waals surface area (Å²) < 4.78 is 0. The van der Waals surface area contributed by atoms with Crippen molar-refractivity contribution in [1.29, 1.82) is 0 Å². The maximum atomic E-state index is 11.8. The maximum Gasteiger partial charge on any atom is 0.244 e. The van der Waals surface area contributed by atoms with Gasteiger partial charge in [0.25, 0.3) is 0 Å². The van der Waals surface area contributed by atoms with E-state index in [0.717, 1.165) is 4.90 Å². The van der Waals surface area contributed by atoms with Gasteiger partial charge in [-0.05, 0) is 18.2 Å². The summed E-state index contributed by atoms with van der Waals surface area (Å²) in [6.45, 7) is -0.302. The fourth-order valence-corrected chi connectivity index (χ4v) is 1.94. The standard InChI is InChI=1S/C12H12ClN3O3/c13-7-1-2-8(14)9(5-7)15-10(17)6-16-11(18)3-4-12(16)19/h1-2,5H,3-4,6,14H2,(H,15,17). The van der Waals surface area contributed by atoms with Gasteiger partial charge in [0.05, 0.1) is 11.4 Å². The molecular weight excluding hydrogens is 270 g/mol. The number of nitrogens with zero attached hydrogens (tertiary/aromatic N) is 1. The van der Waals surface area contributed by atoms with Crippen molar-refractivity contribution in [3.05, 3.63) is 23.2 Å². The smallest absolute Gasteiger partial charge is 0.244 e. The third-order valence-electron chi connectivity index (χ3n) is 2.75. The molecular formula is C12H12ClN3O3. The highest BCUT2D eigenvalue weighted by molar-refractivity contribution is 6.31. The molecule has 0 saturated carbocycles. The number of hydrogen-bond acceptors (Lipinski definition) is 4. The molecule has 6 nitrogen and oxygen atoms in total. The van der Waals surface area contributed by atoms with Crippen LogP contribution in [-0.2, 0) is 14.4 Å². The number of rotatable bonds is 3. The molecule has 0 spiro atoms. The van der Waals surface area contributed by atoms with Crippen LogP contribution in [0.25, 0.3) is 0 Å². The van der Waals surface area contributed by atoms with Crippen molar-refractivity contribution in [3.63, 3.8) is 0 Å². The van der Waals surface area contributed by atoms with Crippen LogP contribution in [0.2, 0.25) is 5.02 Å². The highest BCUT2D eigenvalue weighted by atomic mass is 35.5. The molecule has 0 aromatic heterocycles. The predicted octanol–water partition coefficient (Wildman–Crippen LogP) is 1.01. The van der Waals surface area contributed by atoms with E-state index in [1.54, 1.807) is 12.1 Å². The van der Waals surface area contributed by atoms with Gasteiger partial charge in [-0.15, -0.1) is 0 Å². The average molecular weight is 282 g/mol. The van der Waals surface area contributed by atoms with Gasteiger partial charge in [-0.25, -0.2) is 0 Å². The molecule has 1 saturated heterocycles. The molecule has 0 radical (unpaired) electrons. The van der Waals surface area contributed by atoms with Crippen molar-refractivity contribution in [2.45, 2.75) is 12.8 Å². The molecule has 1 aromatic carbocycles. The molecule has 0 atom stereocenters. The zero-order chi connectivity index (χ0) is 14.0. The van der Waals surface area contributed by atoms with Crippen LogP contribution in [0.1, 0.15) is 12.8 Å². The summed E-state index contributed by atoms with van der Waals surface area (Å²) in [5, 5.41) is 2.95. The number of hydrogen-bond donors (Lipinski definition) is 2. The second-order valence-corrected chi connectivity index (χ2v) is 4.59. The van der Waals surface area contributed by atoms with Crippen molar-refractivity contribution in [2.75, 3.05) is 17.6 Å². The third kappa shape index (κ3) is 3.03. The topological polar surface area (TPSA) is 92.5 Å². The first kappa shape index (κ1) is 13.4. The predicted molar refractivity (Wildman–Crippen MR) is 70.4 cm³/mol. The van der Waals surface area contributed by atoms with Crippen molar-refractivity contribution < 1.29 is 14.4 Å². The number of likely N-dealkylation sites (tertiary alicyclic amines) is 1. The van der Waals surface area contributed by atoms with Gasteiger partial charge in [0.15, 0.2) is 0 Å². The van der Waals surface area contributed by atoms with E-state index in [-0.39, 0.29) is 31.2 Å². The molecule has 7 heteroatoms. The van der Waals surface area contributed by atoms with Gasteiger partial charge in [0.1, 0.15) is 6.54 Å². The minimum Gasteiger partial charge on any atom is -0.397 e. The largest absolute Gasteiger partial charge is 0.397 e. The number of halogens is 1. The van der Waals surface area contributed by atoms with Crippen LogP contribution < -0.4 is 11.1 Å². The Morgan fingerprint density at radius 1 is 1.32 bits per heavy atom. The summed E-state index contributed by atoms with van der Waals surface area (Å²) in [6, 6.07) is 4.66. The maximum absolute atomic E-state index is 11.8. The molecule has 1 heterocycles. The molecule has 2 rings (SSSR count). The highest BCUT2D eigenvalue weighted by Crippen LogP contribution is 2.23. The number of imide groups is 1. The first-order valence-corrected chi connectivity index (χ1v) is 6.03. The Morgan fingerprint density at radius 2 is 1.95 bits per heavy atom. The van der Waals surface area contributed by atoms with E-state index >= 15 is 0 Å². The summed E-state index contributed by atoms with van der Waals surface area (Å²) in [5.41, 5.74) is 6.40. The number of nitrogens with two attached hydrogens (primary N) is 1. The van der Waals surface area contributed by atoms with Gasteiger partial charge in [0.2, 0.25) is 17.7 Å². The van der Waals surface area contributed by atoms with Gasteiger partial charge >= 0.3 is 0 Å². The van der Waals surface area contributed by atoms with Crippen LogP contribution in [0.5, 0.6) is 0 Å². The van der Waals surface area contributed by atoms with Crippen LogP contribution in [0, 0.1) is 0 Å². The fraction of sp³-hybridized carbons (Fsp3) is 0.250. The number of anilines is 2. The monoisotopic (exact) mass is 281 g/mol. The average Bonchev–Trinajstić information content (AvgIpc) is 2.65. The lowest BCUT2D eigenvalue weighted by molar-refractivity contribution is -0.141. The minimum absolute atomic E-state index is 0.158. The molecule has 3 amide bonds. The Kier molecular flexibility index (Phi) is 3.71. The van der Waals surface area contributed by atoms with Gasteiger partial charge in [-0.1, -0.05) is 11.6 Å². The minimum atomic E-state index is -0.488. The van der Waals surface area contributed by atoms with Crippen LogP contribution in [0.4, 0.5) is 11.4 Å². The first-order chi connectivity index (χ1) is 8.97. The number of amides is 3. The lowest BCUT2D eigenvalue weighted by atomic mass is 10.2. The zero-order valence-electron chi connectivity index (χ0n) is 9.98. The van der Waals surface area contributed by atoms with Crippen molar-refractivity contribution in [1.82, 2.24) is 4.90 Å². The Balaban J connectivity index is 2.03. The molecule has 1 aliphatic heterocycles. The Morgan fingerprint density at radius 3 is 2.58 bits per heavy atom. The van der Waals surface area contributed by atoms with E-state index in [2.05, 4.69) is 5.32 Å². The van der Waals surface area contributed by atoms with Crippen LogP contribution in [-0.4, -0.2) is 29.2 Å². The van der Waals surface area contributed by atoms with Crippen LogP contribution >= 0.6 is 11.6 Å². The molecule has 1 aromatic rings. The number of benzene rings is 1. The molecule has 0 aliphatic carbocycles. The van der Waals surface area contributed by atoms with Gasteiger partial charge < -0.3 is 11.1 Å². The highest BCUT2D eigenvalue weighted by Gasteiger charge is 2.30. The zero-order valence-corrected chi connectivity index (χ0v) is 10.7. The molecule has 0 bridgehead atoms. The molecule has 19 heavy (non-hydrogen) atoms. The van der Waals surface area contributed by atoms with Crippen molar-refractivity contribution in [3.8, 4) is 0 Å². The molecule has 1 fully saturated rings. The number of nitrogens with one attached hydrogen (secondary N) is 1. The summed E-state index contributed by atoms with van der Waals surface area (Å²) in [7, 11) is 0. The van der Waals surface area contributed by atoms with Gasteiger partial charge in [-0.2, -0.15) is 0 Å². The van der Waals surface area contributed by atoms with Crippen LogP contribution in [0.15, 0.2) is 18.2 Å². The van der Waals surface area contributed by atoms with Crippen molar-refractivity contribution >= 4 is 40.7 Å². The summed E-state index contributed by atoms with van der Waals surface area (Å²) in [5.74, 6) is -1.16. The summed E-state index contributed by atoms with van der Waals surface area (Å²) in [6.07, 6.45) is 0.316. The van der Waals surface area contributed by atoms with E-state index in [4.69, 9.17) is 17.3 Å². The lowest BCUT2D eigenvalue weighted by Gasteiger charge is -2.14. The summed E-state index contributed by atoms with van der Waals surface area (Å²) >= 11 is 5.79. The quantitative estimate of drug-likeness (QED) is 0.639. The molecule has 3 N–H and O–H groups in total. The normalized spacial score (nSPS) is 14.9. The number of nitrogen functional groups attached to an aromatic ring is 1. The molecule has 100 valence electrons. The molecule has 1 aliphatic rings. The van der Waals surface area contributed by atoms with Crippen LogP contribution in [0.3, 0.4) is 0 Å². The second-order valence-electron chi connectivity index (χ2n) is 4.15. The summed E-state index contributed by atoms with van der Waals surface area (Å²) in [4.78, 5) is 35.5. The first-order valence-electron chi connectivity index (χ1n) is 5.65. The van der Waals surface area contributed by atoms with Gasteiger partial charge in [-0.3, -0.25) is 19.3 Å². The lowest BCUT2D eigenvalue weighted by Crippen LogP contribution is -2.37.